The first-order valence-corrected chi connectivity index (χ1v) is 6.84. The molecule has 1 rings (SSSR count). The van der Waals surface area contributed by atoms with Crippen molar-refractivity contribution in [2.75, 3.05) is 26.8 Å². The lowest BCUT2D eigenvalue weighted by Gasteiger charge is -2.17. The molecule has 0 aliphatic carbocycles. The molecule has 0 amide bonds. The van der Waals surface area contributed by atoms with Crippen LogP contribution >= 0.6 is 11.6 Å². The lowest BCUT2D eigenvalue weighted by molar-refractivity contribution is -0.174. The van der Waals surface area contributed by atoms with Gasteiger partial charge in [0, 0.05) is 18.2 Å². The van der Waals surface area contributed by atoms with E-state index in [1.165, 1.54) is 0 Å². The molecule has 20 heavy (non-hydrogen) atoms. The minimum absolute atomic E-state index is 0.111. The van der Waals surface area contributed by atoms with E-state index in [9.17, 15) is 13.2 Å². The SMILES string of the molecule is CNCC(CCCOCC(F)(F)F)c1cccc(Cl)c1. The molecule has 0 spiro atoms. The summed E-state index contributed by atoms with van der Waals surface area (Å²) in [5.74, 6) is 0.216. The van der Waals surface area contributed by atoms with Crippen molar-refractivity contribution < 1.29 is 17.9 Å². The van der Waals surface area contributed by atoms with Crippen LogP contribution in [-0.4, -0.2) is 33.0 Å². The van der Waals surface area contributed by atoms with E-state index in [-0.39, 0.29) is 12.5 Å². The third-order valence-corrected chi connectivity index (χ3v) is 3.11. The molecule has 0 saturated heterocycles. The van der Waals surface area contributed by atoms with Crippen molar-refractivity contribution in [3.05, 3.63) is 34.9 Å². The molecule has 0 bridgehead atoms. The fraction of sp³-hybridized carbons (Fsp3) is 0.571. The van der Waals surface area contributed by atoms with E-state index in [4.69, 9.17) is 11.6 Å². The topological polar surface area (TPSA) is 21.3 Å². The number of likely N-dealkylation sites (N-methyl/N-ethyl adjacent to an activating group) is 1. The standard InChI is InChI=1S/C14H19ClF3NO/c1-19-9-12(11-4-2-6-13(15)8-11)5-3-7-20-10-14(16,17)18/h2,4,6,8,12,19H,3,5,7,9-10H2,1H3. The summed E-state index contributed by atoms with van der Waals surface area (Å²) in [4.78, 5) is 0. The van der Waals surface area contributed by atoms with E-state index in [2.05, 4.69) is 10.1 Å². The summed E-state index contributed by atoms with van der Waals surface area (Å²) in [5.41, 5.74) is 1.09. The average molecular weight is 310 g/mol. The molecule has 1 atom stereocenters. The van der Waals surface area contributed by atoms with Crippen molar-refractivity contribution in [3.8, 4) is 0 Å². The maximum atomic E-state index is 11.9. The number of rotatable bonds is 8. The van der Waals surface area contributed by atoms with E-state index >= 15 is 0 Å². The minimum atomic E-state index is -4.25. The Hall–Kier alpha value is -0.780. The van der Waals surface area contributed by atoms with Crippen LogP contribution in [0.15, 0.2) is 24.3 Å². The van der Waals surface area contributed by atoms with Gasteiger partial charge in [-0.25, -0.2) is 0 Å². The van der Waals surface area contributed by atoms with Gasteiger partial charge in [-0.2, -0.15) is 13.2 Å². The molecule has 0 aliphatic rings. The zero-order valence-corrected chi connectivity index (χ0v) is 12.1. The van der Waals surface area contributed by atoms with Crippen molar-refractivity contribution in [1.29, 1.82) is 0 Å². The summed E-state index contributed by atoms with van der Waals surface area (Å²) in [5, 5.41) is 3.75. The summed E-state index contributed by atoms with van der Waals surface area (Å²) >= 11 is 5.95. The Balaban J connectivity index is 2.40. The number of halogens is 4. The predicted molar refractivity (Wildman–Crippen MR) is 74.2 cm³/mol. The molecule has 1 unspecified atom stereocenters. The number of hydrogen-bond donors (Lipinski definition) is 1. The van der Waals surface area contributed by atoms with Crippen molar-refractivity contribution >= 4 is 11.6 Å². The molecule has 0 aliphatic heterocycles. The van der Waals surface area contributed by atoms with Crippen LogP contribution in [-0.2, 0) is 4.74 Å². The van der Waals surface area contributed by atoms with E-state index in [1.54, 1.807) is 6.07 Å². The lowest BCUT2D eigenvalue weighted by atomic mass is 9.94. The van der Waals surface area contributed by atoms with E-state index < -0.39 is 12.8 Å². The molecular formula is C14H19ClF3NO. The van der Waals surface area contributed by atoms with Crippen LogP contribution in [0.5, 0.6) is 0 Å². The maximum absolute atomic E-state index is 11.9. The Labute approximate surface area is 122 Å². The fourth-order valence-electron chi connectivity index (χ4n) is 2.01. The largest absolute Gasteiger partial charge is 0.411 e. The van der Waals surface area contributed by atoms with Crippen LogP contribution in [0.4, 0.5) is 13.2 Å². The molecule has 1 aromatic carbocycles. The van der Waals surface area contributed by atoms with E-state index in [0.717, 1.165) is 18.5 Å². The molecule has 0 heterocycles. The van der Waals surface area contributed by atoms with Gasteiger partial charge < -0.3 is 10.1 Å². The molecular weight excluding hydrogens is 291 g/mol. The van der Waals surface area contributed by atoms with E-state index in [1.807, 2.05) is 25.2 Å². The summed E-state index contributed by atoms with van der Waals surface area (Å²) in [6.07, 6.45) is -2.93. The van der Waals surface area contributed by atoms with E-state index in [0.29, 0.717) is 11.4 Å². The first-order chi connectivity index (χ1) is 9.42. The van der Waals surface area contributed by atoms with Crippen molar-refractivity contribution in [2.24, 2.45) is 0 Å². The quantitative estimate of drug-likeness (QED) is 0.733. The van der Waals surface area contributed by atoms with Gasteiger partial charge in [-0.05, 0) is 43.5 Å². The Morgan fingerprint density at radius 3 is 2.70 bits per heavy atom. The number of alkyl halides is 3. The summed E-state index contributed by atoms with van der Waals surface area (Å²) in [7, 11) is 1.84. The van der Waals surface area contributed by atoms with Crippen molar-refractivity contribution in [2.45, 2.75) is 24.9 Å². The highest BCUT2D eigenvalue weighted by molar-refractivity contribution is 6.30. The fourth-order valence-corrected chi connectivity index (χ4v) is 2.21. The average Bonchev–Trinajstić information content (AvgIpc) is 2.36. The van der Waals surface area contributed by atoms with Crippen molar-refractivity contribution in [3.63, 3.8) is 0 Å². The smallest absolute Gasteiger partial charge is 0.372 e. The summed E-state index contributed by atoms with van der Waals surface area (Å²) < 4.78 is 40.4. The Bertz CT molecular complexity index is 398. The minimum Gasteiger partial charge on any atom is -0.372 e. The molecule has 0 saturated carbocycles. The Morgan fingerprint density at radius 1 is 1.35 bits per heavy atom. The molecule has 0 fully saturated rings. The van der Waals surface area contributed by atoms with Gasteiger partial charge in [0.2, 0.25) is 0 Å². The zero-order valence-electron chi connectivity index (χ0n) is 11.3. The zero-order chi connectivity index (χ0) is 15.0. The van der Waals surface area contributed by atoms with Gasteiger partial charge in [-0.1, -0.05) is 23.7 Å². The highest BCUT2D eigenvalue weighted by atomic mass is 35.5. The molecule has 114 valence electrons. The second kappa shape index (κ2) is 8.49. The molecule has 0 aromatic heterocycles. The van der Waals surface area contributed by atoms with Gasteiger partial charge in [0.15, 0.2) is 0 Å². The van der Waals surface area contributed by atoms with Crippen LogP contribution in [0.2, 0.25) is 5.02 Å². The highest BCUT2D eigenvalue weighted by Gasteiger charge is 2.27. The normalized spacial score (nSPS) is 13.4. The summed E-state index contributed by atoms with van der Waals surface area (Å²) in [6, 6.07) is 7.54. The first kappa shape index (κ1) is 17.3. The molecule has 1 aromatic rings. The Kier molecular flexibility index (Phi) is 7.34. The Morgan fingerprint density at radius 2 is 2.10 bits per heavy atom. The molecule has 1 N–H and O–H groups in total. The van der Waals surface area contributed by atoms with Gasteiger partial charge in [-0.3, -0.25) is 0 Å². The van der Waals surface area contributed by atoms with Crippen LogP contribution in [0.3, 0.4) is 0 Å². The number of nitrogens with one attached hydrogen (secondary N) is 1. The molecule has 0 radical (unpaired) electrons. The third kappa shape index (κ3) is 7.12. The third-order valence-electron chi connectivity index (χ3n) is 2.88. The van der Waals surface area contributed by atoms with Crippen LogP contribution in [0.1, 0.15) is 24.3 Å². The van der Waals surface area contributed by atoms with Crippen LogP contribution in [0.25, 0.3) is 0 Å². The predicted octanol–water partition coefficient (Wildman–Crippen LogP) is 4.00. The van der Waals surface area contributed by atoms with Gasteiger partial charge in [0.05, 0.1) is 0 Å². The van der Waals surface area contributed by atoms with Crippen LogP contribution in [0, 0.1) is 0 Å². The number of ether oxygens (including phenoxy) is 1. The van der Waals surface area contributed by atoms with Gasteiger partial charge in [-0.15, -0.1) is 0 Å². The molecule has 2 nitrogen and oxygen atoms in total. The van der Waals surface area contributed by atoms with Gasteiger partial charge in [0.1, 0.15) is 6.61 Å². The lowest BCUT2D eigenvalue weighted by Crippen LogP contribution is -2.19. The second-order valence-corrected chi connectivity index (χ2v) is 5.06. The monoisotopic (exact) mass is 309 g/mol. The van der Waals surface area contributed by atoms with Gasteiger partial charge >= 0.3 is 6.18 Å². The first-order valence-electron chi connectivity index (χ1n) is 6.47. The van der Waals surface area contributed by atoms with Crippen molar-refractivity contribution in [1.82, 2.24) is 5.32 Å². The maximum Gasteiger partial charge on any atom is 0.411 e. The van der Waals surface area contributed by atoms with Crippen LogP contribution < -0.4 is 5.32 Å². The number of benzene rings is 1. The summed E-state index contributed by atoms with van der Waals surface area (Å²) in [6.45, 7) is -0.319. The highest BCUT2D eigenvalue weighted by Crippen LogP contribution is 2.23. The second-order valence-electron chi connectivity index (χ2n) is 4.62. The molecule has 6 heteroatoms. The van der Waals surface area contributed by atoms with Gasteiger partial charge in [0.25, 0.3) is 0 Å². The number of hydrogen-bond acceptors (Lipinski definition) is 2.